The summed E-state index contributed by atoms with van der Waals surface area (Å²) >= 11 is 0. The Bertz CT molecular complexity index is 1330. The van der Waals surface area contributed by atoms with Gasteiger partial charge in [0.1, 0.15) is 12.4 Å². The van der Waals surface area contributed by atoms with Gasteiger partial charge >= 0.3 is 6.18 Å². The molecule has 0 spiro atoms. The van der Waals surface area contributed by atoms with E-state index in [-0.39, 0.29) is 25.1 Å². The zero-order valence-electron chi connectivity index (χ0n) is 20.1. The number of carbonyl (C=O) groups is 1. The maximum absolute atomic E-state index is 13.7. The van der Waals surface area contributed by atoms with E-state index >= 15 is 0 Å². The summed E-state index contributed by atoms with van der Waals surface area (Å²) in [5, 5.41) is 0. The summed E-state index contributed by atoms with van der Waals surface area (Å²) in [4.78, 5) is 15.3. The van der Waals surface area contributed by atoms with Crippen LogP contribution >= 0.6 is 0 Å². The molecular weight excluding hydrogens is 491 g/mol. The fraction of sp³-hybridized carbons (Fsp3) is 0.296. The van der Waals surface area contributed by atoms with E-state index in [2.05, 4.69) is 0 Å². The number of hydrogen-bond acceptors (Lipinski definition) is 6. The standard InChI is InChI=1S/C27H24F3NO6/c1-33-23-10-16-8-9-31(26(32)17-6-7-22-25(11-17)37-15-36-22)21(20(16)13-24(23)34-2)14-35-19-5-3-4-18(12-19)27(28,29)30/h3-7,10-13,21H,8-9,14-15H2,1-2H3/t21-/m0/s1. The normalized spacial score (nSPS) is 16.2. The van der Waals surface area contributed by atoms with Crippen LogP contribution in [0, 0.1) is 0 Å². The number of hydrogen-bond donors (Lipinski definition) is 0. The second kappa shape index (κ2) is 9.76. The summed E-state index contributed by atoms with van der Waals surface area (Å²) in [7, 11) is 3.05. The van der Waals surface area contributed by atoms with Gasteiger partial charge in [-0.05, 0) is 66.1 Å². The number of amides is 1. The van der Waals surface area contributed by atoms with E-state index in [1.165, 1.54) is 26.4 Å². The van der Waals surface area contributed by atoms with Gasteiger partial charge in [0.25, 0.3) is 5.91 Å². The molecule has 0 radical (unpaired) electrons. The predicted molar refractivity (Wildman–Crippen MR) is 127 cm³/mol. The highest BCUT2D eigenvalue weighted by molar-refractivity contribution is 5.95. The number of ether oxygens (including phenoxy) is 5. The molecule has 0 unspecified atom stereocenters. The van der Waals surface area contributed by atoms with E-state index in [1.807, 2.05) is 6.07 Å². The molecule has 0 saturated heterocycles. The van der Waals surface area contributed by atoms with Gasteiger partial charge in [-0.15, -0.1) is 0 Å². The first-order valence-electron chi connectivity index (χ1n) is 11.5. The summed E-state index contributed by atoms with van der Waals surface area (Å²) in [5.74, 6) is 1.85. The van der Waals surface area contributed by atoms with Crippen LogP contribution < -0.4 is 23.7 Å². The SMILES string of the molecule is COc1cc2c(cc1OC)[C@H](COc1cccc(C(F)(F)F)c1)N(C(=O)c1ccc3c(c1)OCO3)CC2. The molecule has 7 nitrogen and oxygen atoms in total. The molecule has 1 amide bonds. The third-order valence-electron chi connectivity index (χ3n) is 6.45. The van der Waals surface area contributed by atoms with Gasteiger partial charge in [-0.2, -0.15) is 13.2 Å². The van der Waals surface area contributed by atoms with Crippen molar-refractivity contribution in [2.45, 2.75) is 18.6 Å². The monoisotopic (exact) mass is 515 g/mol. The first-order valence-corrected chi connectivity index (χ1v) is 11.5. The molecule has 0 N–H and O–H groups in total. The third-order valence-corrected chi connectivity index (χ3v) is 6.45. The number of nitrogens with zero attached hydrogens (tertiary/aromatic N) is 1. The first-order chi connectivity index (χ1) is 17.8. The van der Waals surface area contributed by atoms with Crippen molar-refractivity contribution in [1.82, 2.24) is 4.90 Å². The molecule has 2 heterocycles. The van der Waals surface area contributed by atoms with Crippen molar-refractivity contribution in [1.29, 1.82) is 0 Å². The maximum Gasteiger partial charge on any atom is 0.416 e. The average Bonchev–Trinajstić information content (AvgIpc) is 3.38. The smallest absolute Gasteiger partial charge is 0.416 e. The van der Waals surface area contributed by atoms with E-state index in [0.717, 1.165) is 23.3 Å². The molecule has 3 aromatic rings. The summed E-state index contributed by atoms with van der Waals surface area (Å²) in [5.41, 5.74) is 1.29. The number of fused-ring (bicyclic) bond motifs is 2. The molecule has 0 saturated carbocycles. The van der Waals surface area contributed by atoms with E-state index in [9.17, 15) is 18.0 Å². The summed E-state index contributed by atoms with van der Waals surface area (Å²) in [6.07, 6.45) is -3.95. The van der Waals surface area contributed by atoms with Crippen LogP contribution in [0.3, 0.4) is 0 Å². The minimum Gasteiger partial charge on any atom is -0.493 e. The van der Waals surface area contributed by atoms with Crippen molar-refractivity contribution in [3.63, 3.8) is 0 Å². The van der Waals surface area contributed by atoms with Crippen molar-refractivity contribution in [2.24, 2.45) is 0 Å². The Morgan fingerprint density at radius 3 is 2.51 bits per heavy atom. The van der Waals surface area contributed by atoms with Crippen molar-refractivity contribution in [3.05, 3.63) is 76.9 Å². The number of alkyl halides is 3. The summed E-state index contributed by atoms with van der Waals surface area (Å²) in [6.45, 7) is 0.381. The molecule has 1 atom stereocenters. The van der Waals surface area contributed by atoms with E-state index < -0.39 is 17.8 Å². The minimum atomic E-state index is -4.50. The maximum atomic E-state index is 13.7. The first kappa shape index (κ1) is 24.6. The molecule has 2 aliphatic rings. The van der Waals surface area contributed by atoms with E-state index in [1.54, 1.807) is 29.2 Å². The van der Waals surface area contributed by atoms with E-state index in [0.29, 0.717) is 41.5 Å². The van der Waals surface area contributed by atoms with Gasteiger partial charge in [-0.3, -0.25) is 4.79 Å². The van der Waals surface area contributed by atoms with Crippen LogP contribution in [0.15, 0.2) is 54.6 Å². The van der Waals surface area contributed by atoms with Crippen molar-refractivity contribution >= 4 is 5.91 Å². The van der Waals surface area contributed by atoms with Gasteiger partial charge in [-0.1, -0.05) is 6.07 Å². The van der Waals surface area contributed by atoms with Crippen molar-refractivity contribution < 1.29 is 41.7 Å². The van der Waals surface area contributed by atoms with Crippen LogP contribution in [0.5, 0.6) is 28.7 Å². The van der Waals surface area contributed by atoms with Crippen molar-refractivity contribution in [2.75, 3.05) is 34.2 Å². The molecule has 194 valence electrons. The molecule has 0 aromatic heterocycles. The molecule has 0 aliphatic carbocycles. The zero-order chi connectivity index (χ0) is 26.2. The quantitative estimate of drug-likeness (QED) is 0.446. The van der Waals surface area contributed by atoms with Gasteiger partial charge in [0.15, 0.2) is 23.0 Å². The molecule has 5 rings (SSSR count). The fourth-order valence-electron chi connectivity index (χ4n) is 4.58. The van der Waals surface area contributed by atoms with Gasteiger partial charge < -0.3 is 28.6 Å². The Morgan fingerprint density at radius 1 is 1.00 bits per heavy atom. The number of halogens is 3. The minimum absolute atomic E-state index is 0.0536. The summed E-state index contributed by atoms with van der Waals surface area (Å²) < 4.78 is 67.1. The Balaban J connectivity index is 1.49. The third kappa shape index (κ3) is 4.83. The lowest BCUT2D eigenvalue weighted by Crippen LogP contribution is -2.42. The topological polar surface area (TPSA) is 66.5 Å². The highest BCUT2D eigenvalue weighted by Gasteiger charge is 2.35. The number of methoxy groups -OCH3 is 2. The predicted octanol–water partition coefficient (Wildman–Crippen LogP) is 5.27. The number of benzene rings is 3. The van der Waals surface area contributed by atoms with Gasteiger partial charge in [0.2, 0.25) is 6.79 Å². The van der Waals surface area contributed by atoms with Crippen LogP contribution in [-0.4, -0.2) is 45.0 Å². The second-order valence-corrected chi connectivity index (χ2v) is 8.57. The van der Waals surface area contributed by atoms with Crippen LogP contribution in [0.25, 0.3) is 0 Å². The Morgan fingerprint density at radius 2 is 1.76 bits per heavy atom. The molecule has 3 aromatic carbocycles. The lowest BCUT2D eigenvalue weighted by molar-refractivity contribution is -0.137. The summed E-state index contributed by atoms with van der Waals surface area (Å²) in [6, 6.07) is 12.7. The fourth-order valence-corrected chi connectivity index (χ4v) is 4.58. The van der Waals surface area contributed by atoms with Gasteiger partial charge in [0, 0.05) is 12.1 Å². The second-order valence-electron chi connectivity index (χ2n) is 8.57. The van der Waals surface area contributed by atoms with Crippen LogP contribution in [0.4, 0.5) is 13.2 Å². The highest BCUT2D eigenvalue weighted by Crippen LogP contribution is 2.40. The molecule has 0 bridgehead atoms. The molecule has 0 fully saturated rings. The van der Waals surface area contributed by atoms with Crippen molar-refractivity contribution in [3.8, 4) is 28.7 Å². The van der Waals surface area contributed by atoms with Crippen LogP contribution in [-0.2, 0) is 12.6 Å². The lowest BCUT2D eigenvalue weighted by Gasteiger charge is -2.37. The highest BCUT2D eigenvalue weighted by atomic mass is 19.4. The molecule has 37 heavy (non-hydrogen) atoms. The van der Waals surface area contributed by atoms with Crippen LogP contribution in [0.1, 0.15) is 33.1 Å². The molecule has 2 aliphatic heterocycles. The Kier molecular flexibility index (Phi) is 6.49. The lowest BCUT2D eigenvalue weighted by atomic mass is 9.91. The molecule has 10 heteroatoms. The largest absolute Gasteiger partial charge is 0.493 e. The Labute approximate surface area is 211 Å². The van der Waals surface area contributed by atoms with Gasteiger partial charge in [-0.25, -0.2) is 0 Å². The average molecular weight is 515 g/mol. The van der Waals surface area contributed by atoms with E-state index in [4.69, 9.17) is 23.7 Å². The van der Waals surface area contributed by atoms with Gasteiger partial charge in [0.05, 0.1) is 25.8 Å². The number of carbonyl (C=O) groups excluding carboxylic acids is 1. The zero-order valence-corrected chi connectivity index (χ0v) is 20.1. The molecular formula is C27H24F3NO6. The van der Waals surface area contributed by atoms with Crippen LogP contribution in [0.2, 0.25) is 0 Å². The Hall–Kier alpha value is -4.08. The number of rotatable bonds is 6.